The summed E-state index contributed by atoms with van der Waals surface area (Å²) in [6.45, 7) is 6.57. The number of rotatable bonds is 6. The minimum atomic E-state index is -0.248. The van der Waals surface area contributed by atoms with Crippen molar-refractivity contribution >= 4 is 11.6 Å². The number of ether oxygens (including phenoxy) is 1. The highest BCUT2D eigenvalue weighted by Gasteiger charge is 2.09. The second-order valence-corrected chi connectivity index (χ2v) is 6.09. The van der Waals surface area contributed by atoms with Crippen molar-refractivity contribution < 1.29 is 4.74 Å². The maximum Gasteiger partial charge on any atom is 0.274 e. The van der Waals surface area contributed by atoms with E-state index in [0.717, 1.165) is 28.1 Å². The van der Waals surface area contributed by atoms with Crippen LogP contribution in [-0.2, 0) is 6.42 Å². The lowest BCUT2D eigenvalue weighted by Crippen LogP contribution is -2.19. The molecule has 6 nitrogen and oxygen atoms in total. The average molecular weight is 350 g/mol. The van der Waals surface area contributed by atoms with Crippen LogP contribution in [0.25, 0.3) is 0 Å². The van der Waals surface area contributed by atoms with Gasteiger partial charge in [-0.25, -0.2) is 0 Å². The first-order chi connectivity index (χ1) is 12.6. The summed E-state index contributed by atoms with van der Waals surface area (Å²) >= 11 is 0. The van der Waals surface area contributed by atoms with E-state index >= 15 is 0 Å². The zero-order valence-corrected chi connectivity index (χ0v) is 15.2. The fraction of sp³-hybridized carbons (Fsp3) is 0.250. The number of aryl methyl sites for hydroxylation is 2. The largest absolute Gasteiger partial charge is 0.494 e. The normalized spacial score (nSPS) is 10.6. The van der Waals surface area contributed by atoms with Gasteiger partial charge in [0.1, 0.15) is 11.4 Å². The van der Waals surface area contributed by atoms with E-state index < -0.39 is 0 Å². The molecule has 0 aliphatic carbocycles. The third-order valence-corrected chi connectivity index (χ3v) is 4.10. The maximum absolute atomic E-state index is 12.4. The quantitative estimate of drug-likeness (QED) is 0.711. The Labute approximate surface area is 152 Å². The molecule has 0 aliphatic heterocycles. The standard InChI is InChI=1S/C20H22N4O2/c1-4-26-16-10-8-15(9-11-16)12-17-19(25)22-20(24-23-17)21-18-13(2)6-5-7-14(18)3/h5-11H,4,12H2,1-3H3,(H2,21,22,24,25). The van der Waals surface area contributed by atoms with Gasteiger partial charge in [0.25, 0.3) is 5.56 Å². The van der Waals surface area contributed by atoms with E-state index in [1.165, 1.54) is 0 Å². The van der Waals surface area contributed by atoms with E-state index in [1.807, 2.05) is 63.2 Å². The van der Waals surface area contributed by atoms with Crippen LogP contribution in [0.15, 0.2) is 47.3 Å². The van der Waals surface area contributed by atoms with Crippen LogP contribution < -0.4 is 15.6 Å². The molecule has 0 atom stereocenters. The molecule has 3 aromatic rings. The molecular formula is C20H22N4O2. The second kappa shape index (κ2) is 7.82. The molecule has 0 unspecified atom stereocenters. The second-order valence-electron chi connectivity index (χ2n) is 6.09. The number of anilines is 2. The maximum atomic E-state index is 12.4. The van der Waals surface area contributed by atoms with E-state index in [9.17, 15) is 4.79 Å². The summed E-state index contributed by atoms with van der Waals surface area (Å²) in [6.07, 6.45) is 0.415. The molecule has 2 aromatic carbocycles. The van der Waals surface area contributed by atoms with Crippen LogP contribution in [0, 0.1) is 13.8 Å². The van der Waals surface area contributed by atoms with Crippen LogP contribution in [0.5, 0.6) is 5.75 Å². The predicted molar refractivity (Wildman–Crippen MR) is 102 cm³/mol. The van der Waals surface area contributed by atoms with Gasteiger partial charge in [0.15, 0.2) is 0 Å². The Kier molecular flexibility index (Phi) is 5.31. The SMILES string of the molecule is CCOc1ccc(Cc2nnc(Nc3c(C)cccc3C)[nH]c2=O)cc1. The van der Waals surface area contributed by atoms with Gasteiger partial charge in [-0.15, -0.1) is 10.2 Å². The molecule has 26 heavy (non-hydrogen) atoms. The molecule has 0 amide bonds. The molecule has 0 spiro atoms. The number of nitrogens with one attached hydrogen (secondary N) is 2. The molecule has 0 saturated heterocycles. The van der Waals surface area contributed by atoms with Crippen molar-refractivity contribution in [2.45, 2.75) is 27.2 Å². The fourth-order valence-corrected chi connectivity index (χ4v) is 2.73. The minimum absolute atomic E-state index is 0.248. The van der Waals surface area contributed by atoms with Crippen LogP contribution >= 0.6 is 0 Å². The first kappa shape index (κ1) is 17.7. The molecule has 134 valence electrons. The van der Waals surface area contributed by atoms with Gasteiger partial charge < -0.3 is 10.1 Å². The number of nitrogens with zero attached hydrogens (tertiary/aromatic N) is 2. The van der Waals surface area contributed by atoms with Gasteiger partial charge in [0, 0.05) is 12.1 Å². The highest BCUT2D eigenvalue weighted by Crippen LogP contribution is 2.21. The number of H-pyrrole nitrogens is 1. The first-order valence-electron chi connectivity index (χ1n) is 8.57. The van der Waals surface area contributed by atoms with Crippen molar-refractivity contribution in [1.82, 2.24) is 15.2 Å². The van der Waals surface area contributed by atoms with Crippen LogP contribution in [0.4, 0.5) is 11.6 Å². The number of benzene rings is 2. The lowest BCUT2D eigenvalue weighted by molar-refractivity contribution is 0.340. The third kappa shape index (κ3) is 4.08. The van der Waals surface area contributed by atoms with E-state index in [2.05, 4.69) is 20.5 Å². The Hall–Kier alpha value is -3.15. The highest BCUT2D eigenvalue weighted by molar-refractivity contribution is 5.62. The third-order valence-electron chi connectivity index (χ3n) is 4.10. The van der Waals surface area contributed by atoms with Crippen molar-refractivity contribution in [2.24, 2.45) is 0 Å². The summed E-state index contributed by atoms with van der Waals surface area (Å²) in [5.74, 6) is 1.15. The highest BCUT2D eigenvalue weighted by atomic mass is 16.5. The van der Waals surface area contributed by atoms with Crippen LogP contribution in [-0.4, -0.2) is 21.8 Å². The summed E-state index contributed by atoms with van der Waals surface area (Å²) in [7, 11) is 0. The number of para-hydroxylation sites is 1. The minimum Gasteiger partial charge on any atom is -0.494 e. The van der Waals surface area contributed by atoms with Crippen molar-refractivity contribution in [3.05, 3.63) is 75.2 Å². The average Bonchev–Trinajstić information content (AvgIpc) is 2.62. The van der Waals surface area contributed by atoms with Crippen LogP contribution in [0.1, 0.15) is 29.3 Å². The molecular weight excluding hydrogens is 328 g/mol. The van der Waals surface area contributed by atoms with Gasteiger partial charge in [-0.3, -0.25) is 9.78 Å². The predicted octanol–water partition coefficient (Wildman–Crippen LogP) is 3.51. The van der Waals surface area contributed by atoms with Crippen molar-refractivity contribution in [2.75, 3.05) is 11.9 Å². The van der Waals surface area contributed by atoms with Crippen molar-refractivity contribution in [3.63, 3.8) is 0 Å². The summed E-state index contributed by atoms with van der Waals surface area (Å²) in [4.78, 5) is 15.1. The molecule has 0 fully saturated rings. The van der Waals surface area contributed by atoms with Crippen LogP contribution in [0.3, 0.4) is 0 Å². The van der Waals surface area contributed by atoms with Gasteiger partial charge in [0.05, 0.1) is 6.61 Å². The number of hydrogen-bond donors (Lipinski definition) is 2. The van der Waals surface area contributed by atoms with Gasteiger partial charge in [0.2, 0.25) is 5.95 Å². The van der Waals surface area contributed by atoms with Gasteiger partial charge >= 0.3 is 0 Å². The smallest absolute Gasteiger partial charge is 0.274 e. The number of aromatic amines is 1. The first-order valence-corrected chi connectivity index (χ1v) is 8.57. The van der Waals surface area contributed by atoms with Crippen molar-refractivity contribution in [3.8, 4) is 5.75 Å². The van der Waals surface area contributed by atoms with Gasteiger partial charge in [-0.1, -0.05) is 30.3 Å². The summed E-state index contributed by atoms with van der Waals surface area (Å²) in [5.41, 5.74) is 4.18. The molecule has 2 N–H and O–H groups in total. The summed E-state index contributed by atoms with van der Waals surface area (Å²) < 4.78 is 5.42. The molecule has 0 saturated carbocycles. The number of aromatic nitrogens is 3. The Balaban J connectivity index is 1.76. The summed E-state index contributed by atoms with van der Waals surface area (Å²) in [6, 6.07) is 13.6. The monoisotopic (exact) mass is 350 g/mol. The molecule has 0 aliphatic rings. The van der Waals surface area contributed by atoms with Crippen molar-refractivity contribution in [1.29, 1.82) is 0 Å². The zero-order valence-electron chi connectivity index (χ0n) is 15.2. The molecule has 0 bridgehead atoms. The molecule has 0 radical (unpaired) electrons. The van der Waals surface area contributed by atoms with E-state index in [-0.39, 0.29) is 5.56 Å². The van der Waals surface area contributed by atoms with Crippen LogP contribution in [0.2, 0.25) is 0 Å². The molecule has 1 heterocycles. The summed E-state index contributed by atoms with van der Waals surface area (Å²) in [5, 5.41) is 11.4. The molecule has 3 rings (SSSR count). The van der Waals surface area contributed by atoms with E-state index in [1.54, 1.807) is 0 Å². The molecule has 1 aromatic heterocycles. The van der Waals surface area contributed by atoms with Gasteiger partial charge in [-0.05, 0) is 49.6 Å². The molecule has 6 heteroatoms. The van der Waals surface area contributed by atoms with E-state index in [0.29, 0.717) is 24.7 Å². The Morgan fingerprint density at radius 2 is 1.73 bits per heavy atom. The zero-order chi connectivity index (χ0) is 18.5. The lowest BCUT2D eigenvalue weighted by atomic mass is 10.1. The Morgan fingerprint density at radius 1 is 1.04 bits per heavy atom. The van der Waals surface area contributed by atoms with Gasteiger partial charge in [-0.2, -0.15) is 0 Å². The lowest BCUT2D eigenvalue weighted by Gasteiger charge is -2.11. The van der Waals surface area contributed by atoms with E-state index in [4.69, 9.17) is 4.74 Å². The Bertz CT molecular complexity index is 929. The fourth-order valence-electron chi connectivity index (χ4n) is 2.73. The Morgan fingerprint density at radius 3 is 2.35 bits per heavy atom. The number of hydrogen-bond acceptors (Lipinski definition) is 5. The topological polar surface area (TPSA) is 79.9 Å².